The first-order chi connectivity index (χ1) is 12.1. The summed E-state index contributed by atoms with van der Waals surface area (Å²) < 4.78 is 13.2. The number of amides is 1. The lowest BCUT2D eigenvalue weighted by Gasteiger charge is -2.34. The maximum absolute atomic E-state index is 13.1. The van der Waals surface area contributed by atoms with Gasteiger partial charge in [0.05, 0.1) is 24.5 Å². The van der Waals surface area contributed by atoms with E-state index in [4.69, 9.17) is 9.15 Å². The summed E-state index contributed by atoms with van der Waals surface area (Å²) in [5, 5.41) is 0.986. The van der Waals surface area contributed by atoms with E-state index in [0.717, 1.165) is 28.1 Å². The SMILES string of the molecule is COCc1cnc2n1CCN(C(=O)c1oc3ccccc3c1C)[C@@H]2C. The number of hydrogen-bond donors (Lipinski definition) is 0. The molecule has 0 N–H and O–H groups in total. The fourth-order valence-corrected chi connectivity index (χ4v) is 3.61. The fourth-order valence-electron chi connectivity index (χ4n) is 3.61. The van der Waals surface area contributed by atoms with Crippen LogP contribution >= 0.6 is 0 Å². The second-order valence-electron chi connectivity index (χ2n) is 6.42. The standard InChI is InChI=1S/C19H21N3O3/c1-12-15-6-4-5-7-16(15)25-17(12)19(23)21-8-9-22-14(11-24-3)10-20-18(22)13(21)2/h4-7,10,13H,8-9,11H2,1-3H3/t13-/m1/s1. The highest BCUT2D eigenvalue weighted by Gasteiger charge is 2.33. The Morgan fingerprint density at radius 3 is 2.92 bits per heavy atom. The molecular formula is C19H21N3O3. The van der Waals surface area contributed by atoms with Gasteiger partial charge in [0.2, 0.25) is 0 Å². The van der Waals surface area contributed by atoms with Crippen molar-refractivity contribution in [1.82, 2.24) is 14.5 Å². The normalized spacial score (nSPS) is 17.1. The van der Waals surface area contributed by atoms with Crippen molar-refractivity contribution in [3.63, 3.8) is 0 Å². The van der Waals surface area contributed by atoms with Crippen molar-refractivity contribution >= 4 is 16.9 Å². The molecule has 3 aromatic rings. The van der Waals surface area contributed by atoms with E-state index in [-0.39, 0.29) is 11.9 Å². The van der Waals surface area contributed by atoms with Gasteiger partial charge in [-0.2, -0.15) is 0 Å². The van der Waals surface area contributed by atoms with Gasteiger partial charge in [-0.15, -0.1) is 0 Å². The summed E-state index contributed by atoms with van der Waals surface area (Å²) in [4.78, 5) is 19.5. The van der Waals surface area contributed by atoms with E-state index in [1.54, 1.807) is 7.11 Å². The van der Waals surface area contributed by atoms with E-state index in [2.05, 4.69) is 9.55 Å². The number of carbonyl (C=O) groups excluding carboxylic acids is 1. The van der Waals surface area contributed by atoms with Crippen LogP contribution in [0, 0.1) is 6.92 Å². The number of benzene rings is 1. The van der Waals surface area contributed by atoms with Crippen molar-refractivity contribution in [1.29, 1.82) is 0 Å². The summed E-state index contributed by atoms with van der Waals surface area (Å²) in [7, 11) is 1.67. The number of aryl methyl sites for hydroxylation is 1. The smallest absolute Gasteiger partial charge is 0.290 e. The molecule has 3 heterocycles. The van der Waals surface area contributed by atoms with Gasteiger partial charge in [-0.1, -0.05) is 18.2 Å². The van der Waals surface area contributed by atoms with E-state index in [0.29, 0.717) is 25.5 Å². The molecule has 0 fully saturated rings. The van der Waals surface area contributed by atoms with Gasteiger partial charge in [0.1, 0.15) is 11.4 Å². The quantitative estimate of drug-likeness (QED) is 0.734. The van der Waals surface area contributed by atoms with Gasteiger partial charge in [-0.25, -0.2) is 4.98 Å². The Morgan fingerprint density at radius 2 is 2.16 bits per heavy atom. The largest absolute Gasteiger partial charge is 0.451 e. The number of para-hydroxylation sites is 1. The summed E-state index contributed by atoms with van der Waals surface area (Å²) in [5.74, 6) is 1.23. The molecule has 2 aromatic heterocycles. The summed E-state index contributed by atoms with van der Waals surface area (Å²) in [6, 6.07) is 7.63. The Kier molecular flexibility index (Phi) is 3.84. The summed E-state index contributed by atoms with van der Waals surface area (Å²) >= 11 is 0. The maximum atomic E-state index is 13.1. The number of carbonyl (C=O) groups is 1. The number of ether oxygens (including phenoxy) is 1. The van der Waals surface area contributed by atoms with Gasteiger partial charge in [0, 0.05) is 31.1 Å². The molecule has 6 nitrogen and oxygen atoms in total. The second-order valence-corrected chi connectivity index (χ2v) is 6.42. The molecule has 1 aliphatic heterocycles. The number of nitrogens with zero attached hydrogens (tertiary/aromatic N) is 3. The van der Waals surface area contributed by atoms with E-state index in [1.807, 2.05) is 49.2 Å². The summed E-state index contributed by atoms with van der Waals surface area (Å²) in [6.45, 7) is 5.80. The molecule has 0 unspecified atom stereocenters. The fraction of sp³-hybridized carbons (Fsp3) is 0.368. The van der Waals surface area contributed by atoms with Crippen molar-refractivity contribution in [3.05, 3.63) is 53.3 Å². The van der Waals surface area contributed by atoms with E-state index < -0.39 is 0 Å². The van der Waals surface area contributed by atoms with Crippen LogP contribution in [0.25, 0.3) is 11.0 Å². The molecule has 0 bridgehead atoms. The van der Waals surface area contributed by atoms with Crippen LogP contribution in [0.3, 0.4) is 0 Å². The minimum absolute atomic E-state index is 0.0799. The van der Waals surface area contributed by atoms with Crippen LogP contribution in [-0.2, 0) is 17.9 Å². The number of aromatic nitrogens is 2. The molecule has 0 spiro atoms. The van der Waals surface area contributed by atoms with Gasteiger partial charge >= 0.3 is 0 Å². The first-order valence-corrected chi connectivity index (χ1v) is 8.44. The predicted octanol–water partition coefficient (Wildman–Crippen LogP) is 3.30. The number of fused-ring (bicyclic) bond motifs is 2. The number of rotatable bonds is 3. The number of methoxy groups -OCH3 is 1. The lowest BCUT2D eigenvalue weighted by Crippen LogP contribution is -2.41. The third-order valence-corrected chi connectivity index (χ3v) is 4.97. The highest BCUT2D eigenvalue weighted by atomic mass is 16.5. The van der Waals surface area contributed by atoms with E-state index >= 15 is 0 Å². The van der Waals surface area contributed by atoms with Crippen molar-refractivity contribution in [2.75, 3.05) is 13.7 Å². The first kappa shape index (κ1) is 15.9. The molecule has 6 heteroatoms. The third-order valence-electron chi connectivity index (χ3n) is 4.97. The zero-order valence-electron chi connectivity index (χ0n) is 14.7. The topological polar surface area (TPSA) is 60.5 Å². The predicted molar refractivity (Wildman–Crippen MR) is 93.3 cm³/mol. The molecule has 1 amide bonds. The molecule has 4 rings (SSSR count). The average molecular weight is 339 g/mol. The molecular weight excluding hydrogens is 318 g/mol. The van der Waals surface area contributed by atoms with E-state index in [1.165, 1.54) is 0 Å². The van der Waals surface area contributed by atoms with Crippen molar-refractivity contribution in [3.8, 4) is 0 Å². The van der Waals surface area contributed by atoms with Gasteiger partial charge in [0.25, 0.3) is 5.91 Å². The highest BCUT2D eigenvalue weighted by molar-refractivity contribution is 5.99. The number of furan rings is 1. The van der Waals surface area contributed by atoms with Crippen molar-refractivity contribution in [2.45, 2.75) is 33.0 Å². The highest BCUT2D eigenvalue weighted by Crippen LogP contribution is 2.31. The molecule has 0 saturated heterocycles. The van der Waals surface area contributed by atoms with Crippen LogP contribution in [0.5, 0.6) is 0 Å². The van der Waals surface area contributed by atoms with Crippen molar-refractivity contribution < 1.29 is 13.9 Å². The Hall–Kier alpha value is -2.60. The molecule has 130 valence electrons. The average Bonchev–Trinajstić information content (AvgIpc) is 3.18. The van der Waals surface area contributed by atoms with Crippen LogP contribution in [0.15, 0.2) is 34.9 Å². The Balaban J connectivity index is 1.67. The maximum Gasteiger partial charge on any atom is 0.290 e. The Bertz CT molecular complexity index is 941. The molecule has 25 heavy (non-hydrogen) atoms. The van der Waals surface area contributed by atoms with Crippen LogP contribution in [0.1, 0.15) is 40.6 Å². The van der Waals surface area contributed by atoms with Crippen LogP contribution in [0.2, 0.25) is 0 Å². The van der Waals surface area contributed by atoms with Crippen LogP contribution < -0.4 is 0 Å². The molecule has 0 radical (unpaired) electrons. The number of imidazole rings is 1. The molecule has 1 aliphatic rings. The Morgan fingerprint density at radius 1 is 1.36 bits per heavy atom. The van der Waals surface area contributed by atoms with Crippen LogP contribution in [-0.4, -0.2) is 34.0 Å². The summed E-state index contributed by atoms with van der Waals surface area (Å²) in [5.41, 5.74) is 2.68. The Labute approximate surface area is 146 Å². The van der Waals surface area contributed by atoms with Gasteiger partial charge in [-0.3, -0.25) is 4.79 Å². The lowest BCUT2D eigenvalue weighted by atomic mass is 10.1. The molecule has 1 atom stereocenters. The lowest BCUT2D eigenvalue weighted by molar-refractivity contribution is 0.0601. The van der Waals surface area contributed by atoms with Gasteiger partial charge in [0.15, 0.2) is 5.76 Å². The first-order valence-electron chi connectivity index (χ1n) is 8.44. The van der Waals surface area contributed by atoms with E-state index in [9.17, 15) is 4.79 Å². The molecule has 0 saturated carbocycles. The van der Waals surface area contributed by atoms with Gasteiger partial charge in [-0.05, 0) is 19.9 Å². The zero-order valence-corrected chi connectivity index (χ0v) is 14.7. The molecule has 1 aromatic carbocycles. The minimum Gasteiger partial charge on any atom is -0.451 e. The van der Waals surface area contributed by atoms with Gasteiger partial charge < -0.3 is 18.6 Å². The number of hydrogen-bond acceptors (Lipinski definition) is 4. The van der Waals surface area contributed by atoms with Crippen molar-refractivity contribution in [2.24, 2.45) is 0 Å². The monoisotopic (exact) mass is 339 g/mol. The third kappa shape index (κ3) is 2.44. The summed E-state index contributed by atoms with van der Waals surface area (Å²) in [6.07, 6.45) is 1.83. The zero-order chi connectivity index (χ0) is 17.6. The second kappa shape index (κ2) is 6.04. The molecule has 0 aliphatic carbocycles. The minimum atomic E-state index is -0.112. The van der Waals surface area contributed by atoms with Crippen LogP contribution in [0.4, 0.5) is 0 Å².